The number of benzene rings is 1. The first-order valence-electron chi connectivity index (χ1n) is 9.32. The summed E-state index contributed by atoms with van der Waals surface area (Å²) < 4.78 is 13.9. The fraction of sp³-hybridized carbons (Fsp3) is 0.381. The van der Waals surface area contributed by atoms with Crippen molar-refractivity contribution in [2.45, 2.75) is 6.04 Å². The van der Waals surface area contributed by atoms with Gasteiger partial charge in [0.25, 0.3) is 0 Å². The molecule has 0 aliphatic carbocycles. The fourth-order valence-electron chi connectivity index (χ4n) is 4.46. The minimum Gasteiger partial charge on any atom is -0.356 e. The summed E-state index contributed by atoms with van der Waals surface area (Å²) in [6, 6.07) is 11.9. The van der Waals surface area contributed by atoms with Gasteiger partial charge >= 0.3 is 6.03 Å². The maximum absolute atomic E-state index is 13.9. The molecule has 2 aliphatic heterocycles. The monoisotopic (exact) mass is 379 g/mol. The Bertz CT molecular complexity index is 940. The number of anilines is 1. The average molecular weight is 379 g/mol. The zero-order chi connectivity index (χ0) is 19.8. The van der Waals surface area contributed by atoms with E-state index in [1.54, 1.807) is 43.4 Å². The average Bonchev–Trinajstić information content (AvgIpc) is 3.25. The summed E-state index contributed by atoms with van der Waals surface area (Å²) in [6.45, 7) is 2.10. The highest BCUT2D eigenvalue weighted by molar-refractivity contribution is 5.75. The van der Waals surface area contributed by atoms with Crippen molar-refractivity contribution in [3.8, 4) is 6.07 Å². The Hall–Kier alpha value is -3.14. The molecule has 144 valence electrons. The first kappa shape index (κ1) is 18.2. The number of pyridine rings is 1. The van der Waals surface area contributed by atoms with Crippen LogP contribution < -0.4 is 4.90 Å². The lowest BCUT2D eigenvalue weighted by atomic mass is 9.89. The molecule has 2 saturated heterocycles. The number of fused-ring (bicyclic) bond motifs is 1. The molecule has 28 heavy (non-hydrogen) atoms. The fourth-order valence-corrected chi connectivity index (χ4v) is 4.46. The summed E-state index contributed by atoms with van der Waals surface area (Å²) >= 11 is 0. The minimum atomic E-state index is -0.295. The zero-order valence-electron chi connectivity index (χ0n) is 15.9. The third kappa shape index (κ3) is 3.15. The SMILES string of the molecule is CN(C)C(=O)N1C[C@H]2CN(c3cc(C#N)ccn3)C[C@H]2[C@H]1c1cccc(F)c1. The van der Waals surface area contributed by atoms with Crippen molar-refractivity contribution in [2.75, 3.05) is 38.6 Å². The molecule has 2 aromatic rings. The number of hydrogen-bond acceptors (Lipinski definition) is 4. The standard InChI is InChI=1S/C21H22FN5O/c1-25(2)21(28)27-12-16-11-26(19-8-14(10-23)6-7-24-19)13-18(16)20(27)15-4-3-5-17(22)9-15/h3-9,16,18,20H,11-13H2,1-2H3/t16-,18-,20-/m1/s1. The summed E-state index contributed by atoms with van der Waals surface area (Å²) in [6.07, 6.45) is 1.65. The summed E-state index contributed by atoms with van der Waals surface area (Å²) in [5.74, 6) is 0.927. The number of carbonyl (C=O) groups is 1. The van der Waals surface area contributed by atoms with Crippen LogP contribution in [0.5, 0.6) is 0 Å². The van der Waals surface area contributed by atoms with Gasteiger partial charge < -0.3 is 14.7 Å². The molecule has 0 unspecified atom stereocenters. The maximum atomic E-state index is 13.9. The Kier molecular flexibility index (Phi) is 4.63. The van der Waals surface area contributed by atoms with Gasteiger partial charge in [0.15, 0.2) is 0 Å². The lowest BCUT2D eigenvalue weighted by Gasteiger charge is -2.32. The largest absolute Gasteiger partial charge is 0.356 e. The molecule has 0 N–H and O–H groups in total. The number of likely N-dealkylation sites (tertiary alicyclic amines) is 1. The van der Waals surface area contributed by atoms with E-state index in [9.17, 15) is 9.18 Å². The molecule has 2 aliphatic rings. The van der Waals surface area contributed by atoms with Crippen LogP contribution in [0.15, 0.2) is 42.6 Å². The van der Waals surface area contributed by atoms with E-state index < -0.39 is 0 Å². The van der Waals surface area contributed by atoms with Crippen LogP contribution in [-0.4, -0.2) is 54.5 Å². The van der Waals surface area contributed by atoms with Crippen molar-refractivity contribution >= 4 is 11.8 Å². The number of amides is 2. The van der Waals surface area contributed by atoms with Crippen molar-refractivity contribution in [1.29, 1.82) is 5.26 Å². The molecule has 3 heterocycles. The first-order chi connectivity index (χ1) is 13.5. The van der Waals surface area contributed by atoms with Gasteiger partial charge in [0.2, 0.25) is 0 Å². The van der Waals surface area contributed by atoms with Gasteiger partial charge in [-0.15, -0.1) is 0 Å². The summed E-state index contributed by atoms with van der Waals surface area (Å²) in [5.41, 5.74) is 1.40. The van der Waals surface area contributed by atoms with Crippen LogP contribution in [0.1, 0.15) is 17.2 Å². The Morgan fingerprint density at radius 2 is 2.07 bits per heavy atom. The lowest BCUT2D eigenvalue weighted by molar-refractivity contribution is 0.159. The molecule has 0 bridgehead atoms. The van der Waals surface area contributed by atoms with Crippen LogP contribution >= 0.6 is 0 Å². The van der Waals surface area contributed by atoms with Crippen molar-refractivity contribution in [3.05, 3.63) is 59.5 Å². The van der Waals surface area contributed by atoms with E-state index in [1.807, 2.05) is 11.0 Å². The Balaban J connectivity index is 1.65. The van der Waals surface area contributed by atoms with E-state index in [2.05, 4.69) is 16.0 Å². The number of hydrogen-bond donors (Lipinski definition) is 0. The van der Waals surface area contributed by atoms with Gasteiger partial charge in [0.05, 0.1) is 17.7 Å². The quantitative estimate of drug-likeness (QED) is 0.805. The third-order valence-corrected chi connectivity index (χ3v) is 5.68. The summed E-state index contributed by atoms with van der Waals surface area (Å²) in [4.78, 5) is 22.8. The van der Waals surface area contributed by atoms with Crippen LogP contribution in [0.25, 0.3) is 0 Å². The molecule has 0 spiro atoms. The van der Waals surface area contributed by atoms with Gasteiger partial charge in [-0.05, 0) is 29.8 Å². The van der Waals surface area contributed by atoms with Crippen LogP contribution in [0.3, 0.4) is 0 Å². The van der Waals surface area contributed by atoms with Crippen LogP contribution in [0, 0.1) is 29.0 Å². The van der Waals surface area contributed by atoms with E-state index >= 15 is 0 Å². The highest BCUT2D eigenvalue weighted by Gasteiger charge is 2.49. The van der Waals surface area contributed by atoms with Crippen LogP contribution in [-0.2, 0) is 0 Å². The molecule has 1 aromatic carbocycles. The maximum Gasteiger partial charge on any atom is 0.320 e. The highest BCUT2D eigenvalue weighted by atomic mass is 19.1. The number of carbonyl (C=O) groups excluding carboxylic acids is 1. The van der Waals surface area contributed by atoms with E-state index in [0.29, 0.717) is 18.7 Å². The molecule has 2 fully saturated rings. The van der Waals surface area contributed by atoms with E-state index in [4.69, 9.17) is 5.26 Å². The molecule has 6 nitrogen and oxygen atoms in total. The summed E-state index contributed by atoms with van der Waals surface area (Å²) in [7, 11) is 3.48. The second-order valence-corrected chi connectivity index (χ2v) is 7.67. The van der Waals surface area contributed by atoms with Crippen molar-refractivity contribution in [3.63, 3.8) is 0 Å². The van der Waals surface area contributed by atoms with Gasteiger partial charge in [-0.3, -0.25) is 0 Å². The topological polar surface area (TPSA) is 63.5 Å². The molecule has 2 amide bonds. The van der Waals surface area contributed by atoms with Crippen molar-refractivity contribution < 1.29 is 9.18 Å². The molecule has 4 rings (SSSR count). The Morgan fingerprint density at radius 1 is 1.25 bits per heavy atom. The van der Waals surface area contributed by atoms with Gasteiger partial charge in [-0.25, -0.2) is 14.2 Å². The van der Waals surface area contributed by atoms with Gasteiger partial charge in [0, 0.05) is 51.8 Å². The number of nitriles is 1. The minimum absolute atomic E-state index is 0.0557. The predicted octanol–water partition coefficient (Wildman–Crippen LogP) is 2.88. The third-order valence-electron chi connectivity index (χ3n) is 5.68. The Morgan fingerprint density at radius 3 is 2.79 bits per heavy atom. The Labute approximate surface area is 163 Å². The molecule has 3 atom stereocenters. The lowest BCUT2D eigenvalue weighted by Crippen LogP contribution is -2.41. The number of rotatable bonds is 2. The smallest absolute Gasteiger partial charge is 0.320 e. The number of urea groups is 1. The van der Waals surface area contributed by atoms with E-state index in [0.717, 1.165) is 17.9 Å². The number of halogens is 1. The second-order valence-electron chi connectivity index (χ2n) is 7.67. The molecular formula is C21H22FN5O. The number of aromatic nitrogens is 1. The first-order valence-corrected chi connectivity index (χ1v) is 9.32. The zero-order valence-corrected chi connectivity index (χ0v) is 15.9. The number of nitrogens with zero attached hydrogens (tertiary/aromatic N) is 5. The molecular weight excluding hydrogens is 357 g/mol. The van der Waals surface area contributed by atoms with Crippen LogP contribution in [0.2, 0.25) is 0 Å². The van der Waals surface area contributed by atoms with Gasteiger partial charge in [-0.2, -0.15) is 5.26 Å². The second kappa shape index (κ2) is 7.12. The summed E-state index contributed by atoms with van der Waals surface area (Å²) in [5, 5.41) is 9.15. The van der Waals surface area contributed by atoms with Gasteiger partial charge in [-0.1, -0.05) is 12.1 Å². The molecule has 1 aromatic heterocycles. The highest BCUT2D eigenvalue weighted by Crippen LogP contribution is 2.46. The van der Waals surface area contributed by atoms with Crippen molar-refractivity contribution in [1.82, 2.24) is 14.8 Å². The van der Waals surface area contributed by atoms with Crippen LogP contribution in [0.4, 0.5) is 15.0 Å². The molecule has 7 heteroatoms. The molecule has 0 radical (unpaired) electrons. The molecule has 0 saturated carbocycles. The van der Waals surface area contributed by atoms with Crippen molar-refractivity contribution in [2.24, 2.45) is 11.8 Å². The van der Waals surface area contributed by atoms with E-state index in [1.165, 1.54) is 12.1 Å². The van der Waals surface area contributed by atoms with Gasteiger partial charge in [0.1, 0.15) is 11.6 Å². The normalized spacial score (nSPS) is 23.4. The van der Waals surface area contributed by atoms with E-state index in [-0.39, 0.29) is 29.7 Å². The predicted molar refractivity (Wildman–Crippen MR) is 103 cm³/mol.